The van der Waals surface area contributed by atoms with E-state index in [4.69, 9.17) is 32.7 Å². The van der Waals surface area contributed by atoms with Crippen molar-refractivity contribution in [2.24, 2.45) is 0 Å². The summed E-state index contributed by atoms with van der Waals surface area (Å²) in [4.78, 5) is 23.3. The van der Waals surface area contributed by atoms with Gasteiger partial charge < -0.3 is 14.8 Å². The monoisotopic (exact) mass is 331 g/mol. The van der Waals surface area contributed by atoms with Gasteiger partial charge in [-0.3, -0.25) is 4.79 Å². The van der Waals surface area contributed by atoms with E-state index in [0.717, 1.165) is 19.4 Å². The molecule has 1 amide bonds. The maximum Gasteiger partial charge on any atom is 0.338 e. The highest BCUT2D eigenvalue weighted by atomic mass is 35.5. The molecule has 0 saturated carbocycles. The zero-order valence-electron chi connectivity index (χ0n) is 11.2. The summed E-state index contributed by atoms with van der Waals surface area (Å²) in [6.45, 7) is 0.821. The quantitative estimate of drug-likeness (QED) is 0.841. The molecule has 1 atom stereocenters. The van der Waals surface area contributed by atoms with Crippen molar-refractivity contribution in [3.63, 3.8) is 0 Å². The topological polar surface area (TPSA) is 64.6 Å². The normalized spacial score (nSPS) is 17.5. The van der Waals surface area contributed by atoms with Crippen LogP contribution >= 0.6 is 23.2 Å². The smallest absolute Gasteiger partial charge is 0.338 e. The van der Waals surface area contributed by atoms with Gasteiger partial charge >= 0.3 is 5.97 Å². The van der Waals surface area contributed by atoms with Crippen LogP contribution in [0.4, 0.5) is 0 Å². The highest BCUT2D eigenvalue weighted by molar-refractivity contribution is 6.42. The number of ether oxygens (including phenoxy) is 2. The minimum atomic E-state index is -0.624. The van der Waals surface area contributed by atoms with Gasteiger partial charge in [-0.05, 0) is 31.0 Å². The lowest BCUT2D eigenvalue weighted by molar-refractivity contribution is -0.124. The molecule has 1 fully saturated rings. The van der Waals surface area contributed by atoms with Crippen LogP contribution in [0.5, 0.6) is 0 Å². The van der Waals surface area contributed by atoms with E-state index in [9.17, 15) is 9.59 Å². The summed E-state index contributed by atoms with van der Waals surface area (Å²) in [5.41, 5.74) is 0.247. The molecule has 0 radical (unpaired) electrons. The van der Waals surface area contributed by atoms with E-state index in [1.807, 2.05) is 0 Å². The summed E-state index contributed by atoms with van der Waals surface area (Å²) >= 11 is 11.6. The van der Waals surface area contributed by atoms with Crippen LogP contribution in [0, 0.1) is 0 Å². The number of benzene rings is 1. The minimum Gasteiger partial charge on any atom is -0.452 e. The largest absolute Gasteiger partial charge is 0.452 e. The molecule has 21 heavy (non-hydrogen) atoms. The minimum absolute atomic E-state index is 0.0553. The lowest BCUT2D eigenvalue weighted by Crippen LogP contribution is -2.34. The van der Waals surface area contributed by atoms with Gasteiger partial charge in [-0.15, -0.1) is 0 Å². The van der Waals surface area contributed by atoms with Crippen molar-refractivity contribution in [3.8, 4) is 0 Å². The molecule has 1 saturated heterocycles. The Morgan fingerprint density at radius 1 is 1.33 bits per heavy atom. The Bertz CT molecular complexity index is 530. The first-order valence-electron chi connectivity index (χ1n) is 6.57. The van der Waals surface area contributed by atoms with Crippen molar-refractivity contribution < 1.29 is 19.1 Å². The van der Waals surface area contributed by atoms with Crippen molar-refractivity contribution >= 4 is 35.1 Å². The summed E-state index contributed by atoms with van der Waals surface area (Å²) < 4.78 is 10.3. The van der Waals surface area contributed by atoms with Gasteiger partial charge in [0, 0.05) is 13.2 Å². The van der Waals surface area contributed by atoms with Crippen LogP contribution in [0.3, 0.4) is 0 Å². The number of carbonyl (C=O) groups is 2. The fraction of sp³-hybridized carbons (Fsp3) is 0.429. The zero-order valence-corrected chi connectivity index (χ0v) is 12.7. The predicted molar refractivity (Wildman–Crippen MR) is 78.7 cm³/mol. The van der Waals surface area contributed by atoms with Crippen LogP contribution in [0.15, 0.2) is 18.2 Å². The molecule has 0 spiro atoms. The molecule has 1 aliphatic heterocycles. The lowest BCUT2D eigenvalue weighted by atomic mass is 10.2. The maximum absolute atomic E-state index is 11.7. The molecule has 5 nitrogen and oxygen atoms in total. The van der Waals surface area contributed by atoms with Crippen molar-refractivity contribution in [1.29, 1.82) is 0 Å². The summed E-state index contributed by atoms with van der Waals surface area (Å²) in [6, 6.07) is 4.38. The summed E-state index contributed by atoms with van der Waals surface area (Å²) in [6.07, 6.45) is 2.00. The molecule has 1 heterocycles. The second-order valence-electron chi connectivity index (χ2n) is 4.64. The van der Waals surface area contributed by atoms with E-state index in [1.54, 1.807) is 0 Å². The number of rotatable bonds is 5. The van der Waals surface area contributed by atoms with Gasteiger partial charge in [0.25, 0.3) is 5.91 Å². The third kappa shape index (κ3) is 4.88. The summed E-state index contributed by atoms with van der Waals surface area (Å²) in [7, 11) is 0. The van der Waals surface area contributed by atoms with Gasteiger partial charge in [0.1, 0.15) is 0 Å². The fourth-order valence-corrected chi connectivity index (χ4v) is 2.22. The van der Waals surface area contributed by atoms with Gasteiger partial charge in [0.2, 0.25) is 0 Å². The highest BCUT2D eigenvalue weighted by Crippen LogP contribution is 2.22. The second-order valence-corrected chi connectivity index (χ2v) is 5.46. The number of esters is 1. The first-order chi connectivity index (χ1) is 10.1. The van der Waals surface area contributed by atoms with Crippen LogP contribution in [0.1, 0.15) is 23.2 Å². The molecule has 0 aliphatic carbocycles. The molecule has 1 aromatic carbocycles. The van der Waals surface area contributed by atoms with Crippen LogP contribution in [-0.2, 0) is 14.3 Å². The summed E-state index contributed by atoms with van der Waals surface area (Å²) in [5, 5.41) is 3.27. The molecule has 114 valence electrons. The van der Waals surface area contributed by atoms with E-state index in [0.29, 0.717) is 11.6 Å². The average molecular weight is 332 g/mol. The molecular weight excluding hydrogens is 317 g/mol. The van der Waals surface area contributed by atoms with E-state index >= 15 is 0 Å². The maximum atomic E-state index is 11.7. The van der Waals surface area contributed by atoms with Crippen molar-refractivity contribution in [2.75, 3.05) is 19.8 Å². The number of nitrogens with one attached hydrogen (secondary N) is 1. The van der Waals surface area contributed by atoms with E-state index < -0.39 is 5.97 Å². The Kier molecular flexibility index (Phi) is 5.85. The second kappa shape index (κ2) is 7.64. The molecule has 1 aromatic rings. The van der Waals surface area contributed by atoms with Crippen molar-refractivity contribution in [3.05, 3.63) is 33.8 Å². The number of hydrogen-bond acceptors (Lipinski definition) is 4. The van der Waals surface area contributed by atoms with E-state index in [2.05, 4.69) is 5.32 Å². The number of amides is 1. The zero-order chi connectivity index (χ0) is 15.2. The number of carbonyl (C=O) groups excluding carboxylic acids is 2. The van der Waals surface area contributed by atoms with Gasteiger partial charge in [-0.2, -0.15) is 0 Å². The van der Waals surface area contributed by atoms with Gasteiger partial charge in [0.05, 0.1) is 21.7 Å². The van der Waals surface area contributed by atoms with E-state index in [1.165, 1.54) is 18.2 Å². The molecule has 0 bridgehead atoms. The van der Waals surface area contributed by atoms with Crippen LogP contribution < -0.4 is 5.32 Å². The Morgan fingerprint density at radius 2 is 2.14 bits per heavy atom. The van der Waals surface area contributed by atoms with Crippen LogP contribution in [0.2, 0.25) is 10.0 Å². The lowest BCUT2D eigenvalue weighted by Gasteiger charge is -2.11. The fourth-order valence-electron chi connectivity index (χ4n) is 1.92. The number of hydrogen-bond donors (Lipinski definition) is 1. The average Bonchev–Trinajstić information content (AvgIpc) is 2.98. The van der Waals surface area contributed by atoms with Gasteiger partial charge in [0.15, 0.2) is 6.61 Å². The SMILES string of the molecule is O=C(COC(=O)c1ccc(Cl)c(Cl)c1)NC[C@H]1CCCO1. The Balaban J connectivity index is 1.74. The van der Waals surface area contributed by atoms with Crippen LogP contribution in [0.25, 0.3) is 0 Å². The molecule has 1 N–H and O–H groups in total. The third-order valence-corrected chi connectivity index (χ3v) is 3.78. The molecule has 7 heteroatoms. The Hall–Kier alpha value is -1.30. The number of halogens is 2. The first-order valence-corrected chi connectivity index (χ1v) is 7.32. The van der Waals surface area contributed by atoms with Gasteiger partial charge in [-0.1, -0.05) is 23.2 Å². The van der Waals surface area contributed by atoms with Crippen LogP contribution in [-0.4, -0.2) is 37.7 Å². The summed E-state index contributed by atoms with van der Waals surface area (Å²) in [5.74, 6) is -0.986. The molecule has 0 unspecified atom stereocenters. The molecule has 0 aromatic heterocycles. The molecule has 2 rings (SSSR count). The van der Waals surface area contributed by atoms with Gasteiger partial charge in [-0.25, -0.2) is 4.79 Å². The Labute approximate surface area is 132 Å². The van der Waals surface area contributed by atoms with E-state index in [-0.39, 0.29) is 29.2 Å². The predicted octanol–water partition coefficient (Wildman–Crippen LogP) is 2.45. The Morgan fingerprint density at radius 3 is 2.81 bits per heavy atom. The third-order valence-electron chi connectivity index (χ3n) is 3.04. The molecular formula is C14H15Cl2NO4. The standard InChI is InChI=1S/C14H15Cl2NO4/c15-11-4-3-9(6-12(11)16)14(19)21-8-13(18)17-7-10-2-1-5-20-10/h3-4,6,10H,1-2,5,7-8H2,(H,17,18)/t10-/m1/s1. The molecule has 1 aliphatic rings. The van der Waals surface area contributed by atoms with Crippen molar-refractivity contribution in [2.45, 2.75) is 18.9 Å². The first kappa shape index (κ1) is 16.1. The highest BCUT2D eigenvalue weighted by Gasteiger charge is 2.17. The van der Waals surface area contributed by atoms with Crippen molar-refractivity contribution in [1.82, 2.24) is 5.32 Å².